The second-order valence-corrected chi connectivity index (χ2v) is 10.1. The van der Waals surface area contributed by atoms with Gasteiger partial charge in [0.1, 0.15) is 5.69 Å². The Hall–Kier alpha value is -2.42. The second kappa shape index (κ2) is 8.61. The first-order chi connectivity index (χ1) is 14.8. The van der Waals surface area contributed by atoms with Gasteiger partial charge >= 0.3 is 0 Å². The first-order valence-electron chi connectivity index (χ1n) is 10.3. The van der Waals surface area contributed by atoms with Crippen molar-refractivity contribution in [1.29, 1.82) is 0 Å². The molecule has 0 bridgehead atoms. The molecule has 1 saturated carbocycles. The van der Waals surface area contributed by atoms with Crippen LogP contribution in [0.25, 0.3) is 16.9 Å². The number of amides is 1. The van der Waals surface area contributed by atoms with Gasteiger partial charge in [-0.15, -0.1) is 0 Å². The minimum absolute atomic E-state index is 0.0124. The number of hydrogen-bond acceptors (Lipinski definition) is 4. The van der Waals surface area contributed by atoms with E-state index in [4.69, 9.17) is 11.6 Å². The molecule has 0 radical (unpaired) electrons. The lowest BCUT2D eigenvalue weighted by Crippen LogP contribution is -2.36. The number of aromatic nitrogens is 2. The smallest absolute Gasteiger partial charge is 0.240 e. The number of carbonyl (C=O) groups is 1. The van der Waals surface area contributed by atoms with Crippen LogP contribution in [0.2, 0.25) is 5.02 Å². The molecular formula is C22H25ClN4O3S. The maximum Gasteiger partial charge on any atom is 0.240 e. The number of pyridine rings is 1. The highest BCUT2D eigenvalue weighted by Crippen LogP contribution is 2.32. The molecule has 1 aromatic carbocycles. The van der Waals surface area contributed by atoms with Gasteiger partial charge in [-0.1, -0.05) is 36.9 Å². The maximum atomic E-state index is 13.0. The largest absolute Gasteiger partial charge is 0.322 e. The zero-order valence-corrected chi connectivity index (χ0v) is 19.1. The van der Waals surface area contributed by atoms with Crippen molar-refractivity contribution in [1.82, 2.24) is 14.1 Å². The molecular weight excluding hydrogens is 436 g/mol. The number of carbonyl (C=O) groups excluding carboxylic acids is 1. The number of anilines is 1. The molecule has 9 heteroatoms. The fourth-order valence-electron chi connectivity index (χ4n) is 4.07. The molecule has 2 heterocycles. The van der Waals surface area contributed by atoms with Gasteiger partial charge < -0.3 is 5.32 Å². The molecule has 0 spiro atoms. The van der Waals surface area contributed by atoms with Crippen LogP contribution >= 0.6 is 11.6 Å². The average molecular weight is 461 g/mol. The van der Waals surface area contributed by atoms with Crippen molar-refractivity contribution in [3.63, 3.8) is 0 Å². The van der Waals surface area contributed by atoms with Crippen molar-refractivity contribution in [3.05, 3.63) is 47.2 Å². The van der Waals surface area contributed by atoms with Gasteiger partial charge in [-0.3, -0.25) is 9.20 Å². The highest BCUT2D eigenvalue weighted by atomic mass is 35.5. The summed E-state index contributed by atoms with van der Waals surface area (Å²) in [5.74, 6) is -0.252. The summed E-state index contributed by atoms with van der Waals surface area (Å²) in [6.07, 6.45) is 8.42. The van der Waals surface area contributed by atoms with Crippen molar-refractivity contribution in [2.45, 2.75) is 56.9 Å². The standard InChI is InChI=1S/C22H25ClN4O3S/c1-14-8-9-17(31(29,30)26-16-6-4-3-5-7-16)12-18(14)20-13-24-22-21(25-15(2)28)19(23)10-11-27(20)22/h8-13,16,26H,3-7H2,1-2H3,(H,25,28). The van der Waals surface area contributed by atoms with Crippen molar-refractivity contribution in [2.75, 3.05) is 5.32 Å². The molecule has 2 aromatic heterocycles. The van der Waals surface area contributed by atoms with Crippen LogP contribution in [-0.2, 0) is 14.8 Å². The normalized spacial score (nSPS) is 15.3. The summed E-state index contributed by atoms with van der Waals surface area (Å²) in [5.41, 5.74) is 3.28. The zero-order chi connectivity index (χ0) is 22.2. The van der Waals surface area contributed by atoms with Crippen LogP contribution in [-0.4, -0.2) is 29.8 Å². The van der Waals surface area contributed by atoms with Crippen LogP contribution in [0.4, 0.5) is 5.69 Å². The van der Waals surface area contributed by atoms with E-state index in [1.54, 1.807) is 41.1 Å². The third kappa shape index (κ3) is 4.46. The van der Waals surface area contributed by atoms with Crippen LogP contribution < -0.4 is 10.0 Å². The van der Waals surface area contributed by atoms with Gasteiger partial charge in [0.25, 0.3) is 0 Å². The Morgan fingerprint density at radius 1 is 1.19 bits per heavy atom. The maximum absolute atomic E-state index is 13.0. The average Bonchev–Trinajstić information content (AvgIpc) is 3.14. The number of imidazole rings is 1. The Morgan fingerprint density at radius 3 is 2.65 bits per heavy atom. The lowest BCUT2D eigenvalue weighted by atomic mass is 9.96. The summed E-state index contributed by atoms with van der Waals surface area (Å²) in [7, 11) is -3.63. The SMILES string of the molecule is CC(=O)Nc1c(Cl)ccn2c(-c3cc(S(=O)(=O)NC4CCCCC4)ccc3C)cnc12. The summed E-state index contributed by atoms with van der Waals surface area (Å²) < 4.78 is 30.7. The van der Waals surface area contributed by atoms with Gasteiger partial charge in [-0.2, -0.15) is 0 Å². The molecule has 0 saturated heterocycles. The van der Waals surface area contributed by atoms with E-state index in [0.29, 0.717) is 22.1 Å². The molecule has 2 N–H and O–H groups in total. The number of sulfonamides is 1. The monoisotopic (exact) mass is 460 g/mol. The first kappa shape index (κ1) is 21.8. The molecule has 1 fully saturated rings. The van der Waals surface area contributed by atoms with Crippen LogP contribution in [0.3, 0.4) is 0 Å². The highest BCUT2D eigenvalue weighted by molar-refractivity contribution is 7.89. The van der Waals surface area contributed by atoms with Crippen molar-refractivity contribution in [3.8, 4) is 11.3 Å². The van der Waals surface area contributed by atoms with E-state index in [0.717, 1.165) is 43.2 Å². The molecule has 0 atom stereocenters. The molecule has 0 aliphatic heterocycles. The number of nitrogens with zero attached hydrogens (tertiary/aromatic N) is 2. The Morgan fingerprint density at radius 2 is 1.94 bits per heavy atom. The number of rotatable bonds is 5. The van der Waals surface area contributed by atoms with Gasteiger partial charge in [0.05, 0.1) is 21.8 Å². The van der Waals surface area contributed by atoms with E-state index in [1.807, 2.05) is 6.92 Å². The van der Waals surface area contributed by atoms with Gasteiger partial charge in [0.15, 0.2) is 5.65 Å². The van der Waals surface area contributed by atoms with Crippen molar-refractivity contribution in [2.24, 2.45) is 0 Å². The molecule has 7 nitrogen and oxygen atoms in total. The topological polar surface area (TPSA) is 92.6 Å². The quantitative estimate of drug-likeness (QED) is 0.584. The van der Waals surface area contributed by atoms with E-state index in [-0.39, 0.29) is 16.8 Å². The van der Waals surface area contributed by atoms with E-state index in [1.165, 1.54) is 6.92 Å². The Labute approximate surface area is 186 Å². The van der Waals surface area contributed by atoms with E-state index in [2.05, 4.69) is 15.0 Å². The zero-order valence-electron chi connectivity index (χ0n) is 17.5. The molecule has 3 aromatic rings. The third-order valence-corrected chi connectivity index (χ3v) is 7.49. The van der Waals surface area contributed by atoms with E-state index < -0.39 is 10.0 Å². The second-order valence-electron chi connectivity index (χ2n) is 7.99. The summed E-state index contributed by atoms with van der Waals surface area (Å²) in [6.45, 7) is 3.33. The molecule has 1 aliphatic carbocycles. The lowest BCUT2D eigenvalue weighted by Gasteiger charge is -2.22. The van der Waals surface area contributed by atoms with Gasteiger partial charge in [-0.05, 0) is 43.5 Å². The van der Waals surface area contributed by atoms with Crippen molar-refractivity contribution >= 4 is 38.9 Å². The molecule has 1 aliphatic rings. The molecule has 1 amide bonds. The van der Waals surface area contributed by atoms with Gasteiger partial charge in [0.2, 0.25) is 15.9 Å². The Bertz CT molecular complexity index is 1250. The Balaban J connectivity index is 1.75. The number of nitrogens with one attached hydrogen (secondary N) is 2. The summed E-state index contributed by atoms with van der Waals surface area (Å²) in [4.78, 5) is 16.2. The molecule has 31 heavy (non-hydrogen) atoms. The van der Waals surface area contributed by atoms with Crippen LogP contribution in [0, 0.1) is 6.92 Å². The van der Waals surface area contributed by atoms with E-state index >= 15 is 0 Å². The Kier molecular flexibility index (Phi) is 6.05. The highest BCUT2D eigenvalue weighted by Gasteiger charge is 2.23. The minimum Gasteiger partial charge on any atom is -0.322 e. The number of fused-ring (bicyclic) bond motifs is 1. The fourth-order valence-corrected chi connectivity index (χ4v) is 5.59. The predicted molar refractivity (Wildman–Crippen MR) is 122 cm³/mol. The number of hydrogen-bond donors (Lipinski definition) is 2. The summed E-state index contributed by atoms with van der Waals surface area (Å²) >= 11 is 6.26. The first-order valence-corrected chi connectivity index (χ1v) is 12.2. The van der Waals surface area contributed by atoms with Crippen LogP contribution in [0.15, 0.2) is 41.6 Å². The number of aryl methyl sites for hydroxylation is 1. The van der Waals surface area contributed by atoms with Gasteiger partial charge in [-0.25, -0.2) is 18.1 Å². The third-order valence-electron chi connectivity index (χ3n) is 5.65. The molecule has 0 unspecified atom stereocenters. The summed E-state index contributed by atoms with van der Waals surface area (Å²) in [5, 5.41) is 3.10. The lowest BCUT2D eigenvalue weighted by molar-refractivity contribution is -0.114. The van der Waals surface area contributed by atoms with Crippen LogP contribution in [0.1, 0.15) is 44.6 Å². The number of benzene rings is 1. The van der Waals surface area contributed by atoms with E-state index in [9.17, 15) is 13.2 Å². The molecule has 4 rings (SSSR count). The van der Waals surface area contributed by atoms with Gasteiger partial charge in [0, 0.05) is 24.7 Å². The van der Waals surface area contributed by atoms with Crippen LogP contribution in [0.5, 0.6) is 0 Å². The fraction of sp³-hybridized carbons (Fsp3) is 0.364. The predicted octanol–water partition coefficient (Wildman–Crippen LogP) is 4.53. The minimum atomic E-state index is -3.63. The summed E-state index contributed by atoms with van der Waals surface area (Å²) in [6, 6.07) is 6.77. The number of halogens is 1. The molecule has 164 valence electrons. The van der Waals surface area contributed by atoms with Crippen molar-refractivity contribution < 1.29 is 13.2 Å².